The van der Waals surface area contributed by atoms with Crippen molar-refractivity contribution in [3.05, 3.63) is 34.7 Å². The van der Waals surface area contributed by atoms with E-state index >= 15 is 0 Å². The molecule has 1 aromatic heterocycles. The average Bonchev–Trinajstić information content (AvgIpc) is 2.78. The Balaban J connectivity index is 2.31. The number of nitrogens with zero attached hydrogens (tertiary/aromatic N) is 2. The number of hydrogen-bond donors (Lipinski definition) is 1. The van der Waals surface area contributed by atoms with Gasteiger partial charge in [-0.3, -0.25) is 0 Å². The van der Waals surface area contributed by atoms with Crippen LogP contribution in [0.25, 0.3) is 11.3 Å². The van der Waals surface area contributed by atoms with E-state index in [1.165, 1.54) is 22.0 Å². The normalized spacial score (nSPS) is 10.6. The van der Waals surface area contributed by atoms with E-state index in [0.29, 0.717) is 0 Å². The summed E-state index contributed by atoms with van der Waals surface area (Å²) in [7, 11) is 1.93. The maximum absolute atomic E-state index is 4.19. The quantitative estimate of drug-likeness (QED) is 0.881. The molecule has 0 unspecified atom stereocenters. The largest absolute Gasteiger partial charge is 0.315 e. The molecule has 0 aliphatic rings. The average molecular weight is 233 g/mol. The van der Waals surface area contributed by atoms with Crippen LogP contribution in [-0.4, -0.2) is 16.6 Å². The second kappa shape index (κ2) is 5.18. The topological polar surface area (TPSA) is 37.8 Å². The van der Waals surface area contributed by atoms with E-state index in [0.717, 1.165) is 24.2 Å². The molecule has 3 nitrogen and oxygen atoms in total. The maximum atomic E-state index is 4.19. The molecule has 1 aromatic carbocycles. The lowest BCUT2D eigenvalue weighted by Gasteiger charge is -2.02. The minimum absolute atomic E-state index is 0.822. The van der Waals surface area contributed by atoms with Crippen LogP contribution in [0.4, 0.5) is 0 Å². The first-order valence-electron chi connectivity index (χ1n) is 5.40. The van der Waals surface area contributed by atoms with Gasteiger partial charge in [0.15, 0.2) is 0 Å². The summed E-state index contributed by atoms with van der Waals surface area (Å²) in [6.45, 7) is 2.98. The molecule has 0 bridgehead atoms. The SMILES string of the molecule is CCc1ccc(-c2nnsc2CNC)cc1. The number of aromatic nitrogens is 2. The zero-order chi connectivity index (χ0) is 11.4. The van der Waals surface area contributed by atoms with Gasteiger partial charge in [0.2, 0.25) is 0 Å². The van der Waals surface area contributed by atoms with Gasteiger partial charge in [0, 0.05) is 12.1 Å². The molecule has 0 saturated carbocycles. The van der Waals surface area contributed by atoms with Crippen LogP contribution >= 0.6 is 11.5 Å². The predicted octanol–water partition coefficient (Wildman–Crippen LogP) is 2.49. The van der Waals surface area contributed by atoms with Crippen molar-refractivity contribution in [2.75, 3.05) is 7.05 Å². The van der Waals surface area contributed by atoms with Gasteiger partial charge in [0.05, 0.1) is 4.88 Å². The number of hydrogen-bond acceptors (Lipinski definition) is 4. The van der Waals surface area contributed by atoms with Crippen LogP contribution in [0.1, 0.15) is 17.4 Å². The number of rotatable bonds is 4. The first-order chi connectivity index (χ1) is 7.85. The van der Waals surface area contributed by atoms with Crippen LogP contribution in [0.2, 0.25) is 0 Å². The van der Waals surface area contributed by atoms with Crippen LogP contribution < -0.4 is 5.32 Å². The monoisotopic (exact) mass is 233 g/mol. The molecule has 2 aromatic rings. The number of benzene rings is 1. The minimum atomic E-state index is 0.822. The summed E-state index contributed by atoms with van der Waals surface area (Å²) in [6.07, 6.45) is 1.07. The highest BCUT2D eigenvalue weighted by atomic mass is 32.1. The van der Waals surface area contributed by atoms with Crippen molar-refractivity contribution >= 4 is 11.5 Å². The molecule has 0 fully saturated rings. The second-order valence-electron chi connectivity index (χ2n) is 3.63. The maximum Gasteiger partial charge on any atom is 0.110 e. The van der Waals surface area contributed by atoms with Gasteiger partial charge in [-0.05, 0) is 30.6 Å². The van der Waals surface area contributed by atoms with Gasteiger partial charge in [-0.2, -0.15) is 0 Å². The van der Waals surface area contributed by atoms with Crippen LogP contribution in [0, 0.1) is 0 Å². The third-order valence-corrected chi connectivity index (χ3v) is 3.25. The van der Waals surface area contributed by atoms with Gasteiger partial charge < -0.3 is 5.32 Å². The minimum Gasteiger partial charge on any atom is -0.315 e. The Bertz CT molecular complexity index is 448. The molecule has 1 N–H and O–H groups in total. The Morgan fingerprint density at radius 3 is 2.62 bits per heavy atom. The zero-order valence-electron chi connectivity index (χ0n) is 9.53. The van der Waals surface area contributed by atoms with Crippen LogP contribution in [0.3, 0.4) is 0 Å². The lowest BCUT2D eigenvalue weighted by atomic mass is 10.1. The molecule has 0 aliphatic carbocycles. The summed E-state index contributed by atoms with van der Waals surface area (Å²) < 4.78 is 4.01. The summed E-state index contributed by atoms with van der Waals surface area (Å²) in [4.78, 5) is 1.19. The van der Waals surface area contributed by atoms with Crippen molar-refractivity contribution in [2.24, 2.45) is 0 Å². The number of nitrogens with one attached hydrogen (secondary N) is 1. The third-order valence-electron chi connectivity index (χ3n) is 2.53. The van der Waals surface area contributed by atoms with E-state index in [-0.39, 0.29) is 0 Å². The molecule has 16 heavy (non-hydrogen) atoms. The molecule has 0 atom stereocenters. The first-order valence-corrected chi connectivity index (χ1v) is 6.17. The molecule has 0 saturated heterocycles. The highest BCUT2D eigenvalue weighted by Gasteiger charge is 2.08. The van der Waals surface area contributed by atoms with Crippen molar-refractivity contribution in [3.8, 4) is 11.3 Å². The van der Waals surface area contributed by atoms with E-state index in [4.69, 9.17) is 0 Å². The van der Waals surface area contributed by atoms with E-state index < -0.39 is 0 Å². The molecular formula is C12H15N3S. The molecule has 84 valence electrons. The molecular weight excluding hydrogens is 218 g/mol. The predicted molar refractivity (Wildman–Crippen MR) is 67.5 cm³/mol. The zero-order valence-corrected chi connectivity index (χ0v) is 10.3. The standard InChI is InChI=1S/C12H15N3S/c1-3-9-4-6-10(7-5-9)12-11(8-13-2)16-15-14-12/h4-7,13H,3,8H2,1-2H3. The third kappa shape index (κ3) is 2.28. The van der Waals surface area contributed by atoms with Gasteiger partial charge >= 0.3 is 0 Å². The first kappa shape index (κ1) is 11.2. The Labute approximate surface area is 99.7 Å². The van der Waals surface area contributed by atoms with Gasteiger partial charge in [-0.1, -0.05) is 35.7 Å². The van der Waals surface area contributed by atoms with Crippen LogP contribution in [0.15, 0.2) is 24.3 Å². The van der Waals surface area contributed by atoms with E-state index in [9.17, 15) is 0 Å². The van der Waals surface area contributed by atoms with Gasteiger partial charge in [-0.15, -0.1) is 5.10 Å². The van der Waals surface area contributed by atoms with E-state index in [2.05, 4.69) is 46.1 Å². The highest BCUT2D eigenvalue weighted by molar-refractivity contribution is 7.05. The molecule has 0 radical (unpaired) electrons. The molecule has 1 heterocycles. The lowest BCUT2D eigenvalue weighted by molar-refractivity contribution is 0.830. The molecule has 4 heteroatoms. The smallest absolute Gasteiger partial charge is 0.110 e. The Kier molecular flexibility index (Phi) is 3.64. The van der Waals surface area contributed by atoms with E-state index in [1.807, 2.05) is 7.05 Å². The number of aryl methyl sites for hydroxylation is 1. The van der Waals surface area contributed by atoms with Crippen molar-refractivity contribution in [3.63, 3.8) is 0 Å². The fourth-order valence-corrected chi connectivity index (χ4v) is 2.28. The Morgan fingerprint density at radius 2 is 2.00 bits per heavy atom. The van der Waals surface area contributed by atoms with Crippen molar-refractivity contribution in [1.82, 2.24) is 14.9 Å². The van der Waals surface area contributed by atoms with Crippen LogP contribution in [0.5, 0.6) is 0 Å². The van der Waals surface area contributed by atoms with Gasteiger partial charge in [-0.25, -0.2) is 0 Å². The summed E-state index contributed by atoms with van der Waals surface area (Å²) in [5.41, 5.74) is 3.50. The highest BCUT2D eigenvalue weighted by Crippen LogP contribution is 2.24. The summed E-state index contributed by atoms with van der Waals surface area (Å²) in [5, 5.41) is 7.32. The van der Waals surface area contributed by atoms with Crippen molar-refractivity contribution in [2.45, 2.75) is 19.9 Å². The fraction of sp³-hybridized carbons (Fsp3) is 0.333. The summed E-state index contributed by atoms with van der Waals surface area (Å²) >= 11 is 1.46. The van der Waals surface area contributed by atoms with Crippen molar-refractivity contribution in [1.29, 1.82) is 0 Å². The molecule has 0 amide bonds. The Morgan fingerprint density at radius 1 is 1.25 bits per heavy atom. The van der Waals surface area contributed by atoms with E-state index in [1.54, 1.807) is 0 Å². The molecule has 0 aliphatic heterocycles. The molecule has 0 spiro atoms. The van der Waals surface area contributed by atoms with Gasteiger partial charge in [0.1, 0.15) is 5.69 Å². The van der Waals surface area contributed by atoms with Crippen LogP contribution in [-0.2, 0) is 13.0 Å². The summed E-state index contributed by atoms with van der Waals surface area (Å²) in [5.74, 6) is 0. The fourth-order valence-electron chi connectivity index (χ4n) is 1.60. The lowest BCUT2D eigenvalue weighted by Crippen LogP contribution is -2.04. The second-order valence-corrected chi connectivity index (χ2v) is 4.46. The Hall–Kier alpha value is -1.26. The van der Waals surface area contributed by atoms with Crippen molar-refractivity contribution < 1.29 is 0 Å². The summed E-state index contributed by atoms with van der Waals surface area (Å²) in [6, 6.07) is 8.54. The molecule has 2 rings (SSSR count). The van der Waals surface area contributed by atoms with Gasteiger partial charge in [0.25, 0.3) is 0 Å².